The predicted molar refractivity (Wildman–Crippen MR) is 358 cm³/mol. The average Bonchev–Trinajstić information content (AvgIpc) is 3.53. The summed E-state index contributed by atoms with van der Waals surface area (Å²) in [4.78, 5) is 72.4. The Bertz CT molecular complexity index is 1720. The highest BCUT2D eigenvalue weighted by Gasteiger charge is 2.30. The van der Waals surface area contributed by atoms with Crippen molar-refractivity contribution in [2.24, 2.45) is 5.92 Å². The van der Waals surface area contributed by atoms with E-state index in [4.69, 9.17) is 37.0 Å². The van der Waals surface area contributed by atoms with Crippen molar-refractivity contribution >= 4 is 39.5 Å². The van der Waals surface area contributed by atoms with Crippen LogP contribution in [0.3, 0.4) is 0 Å². The number of carbonyl (C=O) groups is 4. The van der Waals surface area contributed by atoms with Crippen molar-refractivity contribution in [3.05, 3.63) is 0 Å². The maximum absolute atomic E-state index is 13.0. The molecule has 19 heteroatoms. The topological polar surface area (TPSA) is 237 Å². The number of aliphatic hydroxyl groups is 1. The zero-order valence-electron chi connectivity index (χ0n) is 57.6. The lowest BCUT2D eigenvalue weighted by Crippen LogP contribution is -2.30. The van der Waals surface area contributed by atoms with E-state index >= 15 is 0 Å². The van der Waals surface area contributed by atoms with E-state index in [-0.39, 0.29) is 25.7 Å². The average molecular weight is 1310 g/mol. The number of carbonyl (C=O) groups excluding carboxylic acids is 4. The number of hydrogen-bond donors (Lipinski definition) is 3. The second-order valence-corrected chi connectivity index (χ2v) is 28.7. The zero-order chi connectivity index (χ0) is 65.6. The molecular weight excluding hydrogens is 1170 g/mol. The van der Waals surface area contributed by atoms with Gasteiger partial charge < -0.3 is 33.8 Å². The van der Waals surface area contributed by atoms with Crippen LogP contribution in [0.15, 0.2) is 0 Å². The van der Waals surface area contributed by atoms with E-state index in [1.807, 2.05) is 0 Å². The molecule has 0 saturated carbocycles. The van der Waals surface area contributed by atoms with Crippen molar-refractivity contribution in [3.8, 4) is 0 Å². The van der Waals surface area contributed by atoms with Crippen molar-refractivity contribution < 1.29 is 80.2 Å². The molecule has 0 aromatic heterocycles. The molecule has 0 aromatic rings. The van der Waals surface area contributed by atoms with Gasteiger partial charge in [-0.15, -0.1) is 0 Å². The first-order chi connectivity index (χ1) is 43.0. The molecule has 0 spiro atoms. The SMILES string of the molecule is CCCCCCCCCCCCCCCCCCCCC(=O)O[C@H](COC(=O)CCCCCCCCCCCCC(C)C)COP(=O)(O)OC[C@@H](O)COP(=O)(O)OC[C@@H](COC(=O)CCCCCCCCCCC)OC(=O)CCCCCCCCCCC. The third-order valence-corrected chi connectivity index (χ3v) is 18.2. The number of unbranched alkanes of at least 4 members (excludes halogenated alkanes) is 42. The van der Waals surface area contributed by atoms with Crippen molar-refractivity contribution in [1.82, 2.24) is 0 Å². The van der Waals surface area contributed by atoms with Crippen LogP contribution in [0.1, 0.15) is 362 Å². The molecular formula is C70H136O17P2. The van der Waals surface area contributed by atoms with Gasteiger partial charge in [0, 0.05) is 25.7 Å². The van der Waals surface area contributed by atoms with Crippen molar-refractivity contribution in [2.75, 3.05) is 39.6 Å². The lowest BCUT2D eigenvalue weighted by Gasteiger charge is -2.21. The van der Waals surface area contributed by atoms with Crippen LogP contribution in [-0.2, 0) is 65.4 Å². The summed E-state index contributed by atoms with van der Waals surface area (Å²) in [5.41, 5.74) is 0. The molecule has 0 saturated heterocycles. The molecule has 0 aliphatic carbocycles. The van der Waals surface area contributed by atoms with Gasteiger partial charge in [-0.1, -0.05) is 311 Å². The first-order valence-corrected chi connectivity index (χ1v) is 39.6. The molecule has 2 unspecified atom stereocenters. The van der Waals surface area contributed by atoms with Crippen molar-refractivity contribution in [1.29, 1.82) is 0 Å². The van der Waals surface area contributed by atoms with E-state index in [0.29, 0.717) is 25.7 Å². The Balaban J connectivity index is 5.20. The Hall–Kier alpha value is -1.94. The normalized spacial score (nSPS) is 14.1. The highest BCUT2D eigenvalue weighted by molar-refractivity contribution is 7.47. The number of hydrogen-bond acceptors (Lipinski definition) is 15. The summed E-state index contributed by atoms with van der Waals surface area (Å²) < 4.78 is 68.2. The van der Waals surface area contributed by atoms with E-state index < -0.39 is 97.5 Å². The van der Waals surface area contributed by atoms with Crippen LogP contribution in [0.4, 0.5) is 0 Å². The smallest absolute Gasteiger partial charge is 0.462 e. The lowest BCUT2D eigenvalue weighted by molar-refractivity contribution is -0.161. The molecule has 0 amide bonds. The van der Waals surface area contributed by atoms with Gasteiger partial charge in [-0.05, 0) is 31.6 Å². The zero-order valence-corrected chi connectivity index (χ0v) is 59.4. The highest BCUT2D eigenvalue weighted by Crippen LogP contribution is 2.45. The Labute approximate surface area is 543 Å². The molecule has 5 atom stereocenters. The third-order valence-electron chi connectivity index (χ3n) is 16.3. The Kier molecular flexibility index (Phi) is 62.1. The van der Waals surface area contributed by atoms with Crippen LogP contribution in [0, 0.1) is 5.92 Å². The summed E-state index contributed by atoms with van der Waals surface area (Å²) in [7, 11) is -9.89. The summed E-state index contributed by atoms with van der Waals surface area (Å²) in [5.74, 6) is -1.37. The Morgan fingerprint density at radius 2 is 0.517 bits per heavy atom. The summed E-state index contributed by atoms with van der Waals surface area (Å²) in [6, 6.07) is 0. The van der Waals surface area contributed by atoms with E-state index in [1.165, 1.54) is 186 Å². The largest absolute Gasteiger partial charge is 0.472 e. The summed E-state index contributed by atoms with van der Waals surface area (Å²) >= 11 is 0. The van der Waals surface area contributed by atoms with Gasteiger partial charge in [-0.3, -0.25) is 37.3 Å². The summed E-state index contributed by atoms with van der Waals surface area (Å²) in [6.45, 7) is 7.21. The number of phosphoric acid groups is 2. The fraction of sp³-hybridized carbons (Fsp3) is 0.943. The molecule has 0 heterocycles. The molecule has 0 rings (SSSR count). The third kappa shape index (κ3) is 64.6. The van der Waals surface area contributed by atoms with Crippen LogP contribution in [0.25, 0.3) is 0 Å². The number of phosphoric ester groups is 2. The number of aliphatic hydroxyl groups excluding tert-OH is 1. The van der Waals surface area contributed by atoms with Gasteiger partial charge in [-0.25, -0.2) is 9.13 Å². The van der Waals surface area contributed by atoms with Crippen molar-refractivity contribution in [2.45, 2.75) is 380 Å². The maximum atomic E-state index is 13.0. The van der Waals surface area contributed by atoms with Crippen LogP contribution in [0.5, 0.6) is 0 Å². The van der Waals surface area contributed by atoms with Gasteiger partial charge >= 0.3 is 39.5 Å². The van der Waals surface area contributed by atoms with Crippen molar-refractivity contribution in [3.63, 3.8) is 0 Å². The van der Waals surface area contributed by atoms with Crippen LogP contribution in [0.2, 0.25) is 0 Å². The number of rotatable bonds is 70. The fourth-order valence-electron chi connectivity index (χ4n) is 10.6. The van der Waals surface area contributed by atoms with Crippen LogP contribution < -0.4 is 0 Å². The molecule has 0 aliphatic rings. The van der Waals surface area contributed by atoms with Gasteiger partial charge in [0.25, 0.3) is 0 Å². The van der Waals surface area contributed by atoms with Gasteiger partial charge in [0.2, 0.25) is 0 Å². The molecule has 0 bridgehead atoms. The minimum atomic E-state index is -4.95. The first-order valence-electron chi connectivity index (χ1n) is 36.6. The van der Waals surface area contributed by atoms with E-state index in [0.717, 1.165) is 95.8 Å². The van der Waals surface area contributed by atoms with Gasteiger partial charge in [-0.2, -0.15) is 0 Å². The van der Waals surface area contributed by atoms with Crippen LogP contribution >= 0.6 is 15.6 Å². The van der Waals surface area contributed by atoms with E-state index in [2.05, 4.69) is 34.6 Å². The van der Waals surface area contributed by atoms with Gasteiger partial charge in [0.1, 0.15) is 19.3 Å². The Morgan fingerprint density at radius 3 is 0.764 bits per heavy atom. The lowest BCUT2D eigenvalue weighted by atomic mass is 10.0. The summed E-state index contributed by atoms with van der Waals surface area (Å²) in [5, 5.41) is 10.6. The summed E-state index contributed by atoms with van der Waals surface area (Å²) in [6.07, 6.45) is 50.0. The highest BCUT2D eigenvalue weighted by atomic mass is 31.2. The molecule has 0 fully saturated rings. The molecule has 17 nitrogen and oxygen atoms in total. The molecule has 89 heavy (non-hydrogen) atoms. The molecule has 528 valence electrons. The van der Waals surface area contributed by atoms with Crippen LogP contribution in [-0.4, -0.2) is 96.7 Å². The molecule has 3 N–H and O–H groups in total. The fourth-order valence-corrected chi connectivity index (χ4v) is 12.2. The first kappa shape index (κ1) is 87.1. The van der Waals surface area contributed by atoms with Gasteiger partial charge in [0.15, 0.2) is 12.2 Å². The maximum Gasteiger partial charge on any atom is 0.472 e. The number of ether oxygens (including phenoxy) is 4. The predicted octanol–water partition coefficient (Wildman–Crippen LogP) is 20.1. The van der Waals surface area contributed by atoms with E-state index in [1.54, 1.807) is 0 Å². The quantitative estimate of drug-likeness (QED) is 0.0222. The minimum Gasteiger partial charge on any atom is -0.462 e. The Morgan fingerprint density at radius 1 is 0.303 bits per heavy atom. The second-order valence-electron chi connectivity index (χ2n) is 25.7. The van der Waals surface area contributed by atoms with E-state index in [9.17, 15) is 43.2 Å². The molecule has 0 aromatic carbocycles. The van der Waals surface area contributed by atoms with Gasteiger partial charge in [0.05, 0.1) is 26.4 Å². The number of esters is 4. The minimum absolute atomic E-state index is 0.106. The monoisotopic (exact) mass is 1310 g/mol. The molecule has 0 radical (unpaired) electrons. The molecule has 0 aliphatic heterocycles. The standard InChI is InChI=1S/C70H136O17P2/c1-6-9-12-15-18-21-22-23-24-25-26-27-28-29-36-41-46-51-56-70(75)87-66(60-81-68(73)54-49-44-39-35-31-30-34-37-42-47-52-63(4)5)62-85-89(78,79)83-58-64(71)57-82-88(76,77)84-61-65(86-69(74)55-50-45-40-33-20-17-14-11-8-3)59-80-67(72)53-48-43-38-32-19-16-13-10-7-2/h63-66,71H,6-62H2,1-5H3,(H,76,77)(H,78,79)/t64-,65+,66+/m0/s1. The second kappa shape index (κ2) is 63.5.